The average Bonchev–Trinajstić information content (AvgIpc) is 1.24. The minimum absolute atomic E-state index is 0.105. The van der Waals surface area contributed by atoms with Gasteiger partial charge in [-0.1, -0.05) is 338 Å². The standard InChI is InChI=1S/C77H150O17P2/c1-9-69(7)55-47-39-31-27-28-34-44-52-60-77(82)94-72(63-87-74(79)57-49-41-32-25-21-18-14-16-20-24-30-38-46-54-68(5)6)65-91-95(83,84)89-61-71(78)62-90-96(85,86)92-66-73(64-88-75(80)58-50-42-36-35-40-48-56-70(8)10-2)93-76(81)59-51-43-33-26-22-17-13-11-12-15-19-23-29-37-45-53-67(3)4/h67-73,78H,9-66H2,1-8H3,(H,83,84)(H,85,86)/t69?,70?,71-,72-,73-/m1/s1. The molecule has 96 heavy (non-hydrogen) atoms. The Bertz CT molecular complexity index is 1890. The van der Waals surface area contributed by atoms with E-state index in [9.17, 15) is 43.2 Å². The van der Waals surface area contributed by atoms with Crippen LogP contribution in [0.2, 0.25) is 0 Å². The molecule has 0 saturated heterocycles. The van der Waals surface area contributed by atoms with Crippen molar-refractivity contribution in [2.75, 3.05) is 39.6 Å². The van der Waals surface area contributed by atoms with Crippen molar-refractivity contribution in [3.8, 4) is 0 Å². The van der Waals surface area contributed by atoms with Crippen molar-refractivity contribution < 1.29 is 80.2 Å². The van der Waals surface area contributed by atoms with Crippen molar-refractivity contribution in [2.45, 2.75) is 408 Å². The van der Waals surface area contributed by atoms with Crippen molar-refractivity contribution in [1.82, 2.24) is 0 Å². The van der Waals surface area contributed by atoms with Crippen LogP contribution < -0.4 is 0 Å². The Kier molecular flexibility index (Phi) is 65.0. The van der Waals surface area contributed by atoms with Gasteiger partial charge in [0.25, 0.3) is 0 Å². The monoisotopic (exact) mass is 1410 g/mol. The molecule has 0 saturated carbocycles. The van der Waals surface area contributed by atoms with Crippen LogP contribution >= 0.6 is 15.6 Å². The van der Waals surface area contributed by atoms with Crippen molar-refractivity contribution in [1.29, 1.82) is 0 Å². The molecule has 0 fully saturated rings. The summed E-state index contributed by atoms with van der Waals surface area (Å²) in [7, 11) is -9.92. The van der Waals surface area contributed by atoms with Gasteiger partial charge in [-0.25, -0.2) is 9.13 Å². The Morgan fingerprint density at radius 2 is 0.500 bits per heavy atom. The van der Waals surface area contributed by atoms with Crippen molar-refractivity contribution in [2.24, 2.45) is 23.7 Å². The molecule has 0 bridgehead atoms. The van der Waals surface area contributed by atoms with Gasteiger partial charge in [0, 0.05) is 25.7 Å². The minimum Gasteiger partial charge on any atom is -0.462 e. The normalized spacial score (nSPS) is 14.7. The number of hydrogen-bond acceptors (Lipinski definition) is 15. The summed E-state index contributed by atoms with van der Waals surface area (Å²) in [5, 5.41) is 10.6. The third-order valence-corrected chi connectivity index (χ3v) is 20.4. The first-order valence-electron chi connectivity index (χ1n) is 39.8. The molecule has 0 aromatic heterocycles. The van der Waals surface area contributed by atoms with Crippen LogP contribution in [0.1, 0.15) is 389 Å². The number of carbonyl (C=O) groups is 4. The quantitative estimate of drug-likeness (QED) is 0.0222. The number of aliphatic hydroxyl groups is 1. The molecule has 0 spiro atoms. The van der Waals surface area contributed by atoms with Crippen LogP contribution in [-0.4, -0.2) is 96.7 Å². The molecule has 0 aliphatic heterocycles. The summed E-state index contributed by atoms with van der Waals surface area (Å²) in [5.41, 5.74) is 0. The highest BCUT2D eigenvalue weighted by atomic mass is 31.2. The molecule has 0 aromatic rings. The smallest absolute Gasteiger partial charge is 0.462 e. The van der Waals surface area contributed by atoms with Crippen molar-refractivity contribution in [3.63, 3.8) is 0 Å². The Labute approximate surface area is 588 Å². The van der Waals surface area contributed by atoms with E-state index in [1.54, 1.807) is 0 Å². The molecule has 0 amide bonds. The second-order valence-corrected chi connectivity index (χ2v) is 32.1. The van der Waals surface area contributed by atoms with Gasteiger partial charge >= 0.3 is 39.5 Å². The predicted octanol–water partition coefficient (Wildman–Crippen LogP) is 22.4. The van der Waals surface area contributed by atoms with E-state index in [4.69, 9.17) is 37.0 Å². The first-order valence-corrected chi connectivity index (χ1v) is 42.8. The number of ether oxygens (including phenoxy) is 4. The Morgan fingerprint density at radius 1 is 0.292 bits per heavy atom. The maximum Gasteiger partial charge on any atom is 0.472 e. The Hall–Kier alpha value is -1.94. The number of esters is 4. The summed E-state index contributed by atoms with van der Waals surface area (Å²) in [5.74, 6) is 0.973. The molecule has 0 rings (SSSR count). The van der Waals surface area contributed by atoms with E-state index < -0.39 is 97.5 Å². The number of rotatable bonds is 74. The van der Waals surface area contributed by atoms with Gasteiger partial charge in [-0.15, -0.1) is 0 Å². The molecule has 19 heteroatoms. The average molecular weight is 1410 g/mol. The van der Waals surface area contributed by atoms with E-state index >= 15 is 0 Å². The first kappa shape index (κ1) is 94.1. The topological polar surface area (TPSA) is 237 Å². The van der Waals surface area contributed by atoms with E-state index in [-0.39, 0.29) is 25.7 Å². The SMILES string of the molecule is CCC(C)CCCCCCCCCCC(=O)O[C@H](COC(=O)CCCCCCCCCCCCCCCC(C)C)COP(=O)(O)OC[C@@H](O)COP(=O)(O)OC[C@@H](COC(=O)CCCCCCCCC(C)CC)OC(=O)CCCCCCCCCCCCCCCCCC(C)C. The molecule has 0 heterocycles. The fourth-order valence-electron chi connectivity index (χ4n) is 11.7. The molecule has 0 aliphatic carbocycles. The zero-order valence-electron chi connectivity index (χ0n) is 63.0. The number of carbonyl (C=O) groups excluding carboxylic acids is 4. The molecule has 3 N–H and O–H groups in total. The van der Waals surface area contributed by atoms with Crippen LogP contribution in [0.5, 0.6) is 0 Å². The lowest BCUT2D eigenvalue weighted by molar-refractivity contribution is -0.161. The summed E-state index contributed by atoms with van der Waals surface area (Å²) in [6.07, 6.45) is 51.3. The minimum atomic E-state index is -4.96. The van der Waals surface area contributed by atoms with Gasteiger partial charge in [0.05, 0.1) is 26.4 Å². The van der Waals surface area contributed by atoms with Crippen molar-refractivity contribution >= 4 is 39.5 Å². The summed E-state index contributed by atoms with van der Waals surface area (Å²) in [4.78, 5) is 72.9. The summed E-state index contributed by atoms with van der Waals surface area (Å²) in [6, 6.07) is 0. The fourth-order valence-corrected chi connectivity index (χ4v) is 13.2. The van der Waals surface area contributed by atoms with Gasteiger partial charge in [0.1, 0.15) is 19.3 Å². The number of unbranched alkanes of at least 4 members (excludes halogenated alkanes) is 38. The second-order valence-electron chi connectivity index (χ2n) is 29.2. The maximum absolute atomic E-state index is 13.1. The van der Waals surface area contributed by atoms with Crippen LogP contribution in [0, 0.1) is 23.7 Å². The van der Waals surface area contributed by atoms with Crippen LogP contribution in [0.4, 0.5) is 0 Å². The van der Waals surface area contributed by atoms with Crippen LogP contribution in [-0.2, 0) is 65.4 Å². The van der Waals surface area contributed by atoms with E-state index in [1.807, 2.05) is 0 Å². The highest BCUT2D eigenvalue weighted by Crippen LogP contribution is 2.45. The van der Waals surface area contributed by atoms with Crippen LogP contribution in [0.25, 0.3) is 0 Å². The first-order chi connectivity index (χ1) is 46.2. The highest BCUT2D eigenvalue weighted by molar-refractivity contribution is 7.47. The Morgan fingerprint density at radius 3 is 0.740 bits per heavy atom. The van der Waals surface area contributed by atoms with E-state index in [0.717, 1.165) is 120 Å². The van der Waals surface area contributed by atoms with E-state index in [1.165, 1.54) is 186 Å². The van der Waals surface area contributed by atoms with Gasteiger partial charge in [0.2, 0.25) is 0 Å². The lowest BCUT2D eigenvalue weighted by atomic mass is 9.99. The fraction of sp³-hybridized carbons (Fsp3) is 0.948. The zero-order valence-corrected chi connectivity index (χ0v) is 64.8. The number of phosphoric acid groups is 2. The number of phosphoric ester groups is 2. The molecular formula is C77H150O17P2. The number of hydrogen-bond donors (Lipinski definition) is 3. The summed E-state index contributed by atoms with van der Waals surface area (Å²) >= 11 is 0. The molecule has 0 aliphatic rings. The number of aliphatic hydroxyl groups excluding tert-OH is 1. The highest BCUT2D eigenvalue weighted by Gasteiger charge is 2.30. The third-order valence-electron chi connectivity index (χ3n) is 18.5. The molecule has 0 radical (unpaired) electrons. The predicted molar refractivity (Wildman–Crippen MR) is 391 cm³/mol. The van der Waals surface area contributed by atoms with Crippen LogP contribution in [0.3, 0.4) is 0 Å². The van der Waals surface area contributed by atoms with E-state index in [2.05, 4.69) is 55.4 Å². The summed E-state index contributed by atoms with van der Waals surface area (Å²) in [6.45, 7) is 14.2. The third kappa shape index (κ3) is 67.9. The molecule has 570 valence electrons. The Balaban J connectivity index is 5.23. The largest absolute Gasteiger partial charge is 0.472 e. The molecule has 7 atom stereocenters. The lowest BCUT2D eigenvalue weighted by Crippen LogP contribution is -2.30. The second kappa shape index (κ2) is 66.3. The van der Waals surface area contributed by atoms with Crippen LogP contribution in [0.15, 0.2) is 0 Å². The summed E-state index contributed by atoms with van der Waals surface area (Å²) < 4.78 is 68.6. The van der Waals surface area contributed by atoms with Gasteiger partial charge in [-0.05, 0) is 49.4 Å². The molecule has 4 unspecified atom stereocenters. The molecule has 0 aromatic carbocycles. The van der Waals surface area contributed by atoms with Gasteiger partial charge < -0.3 is 33.8 Å². The van der Waals surface area contributed by atoms with Gasteiger partial charge in [0.15, 0.2) is 12.2 Å². The lowest BCUT2D eigenvalue weighted by Gasteiger charge is -2.21. The molecular weight excluding hydrogens is 1260 g/mol. The van der Waals surface area contributed by atoms with Gasteiger partial charge in [-0.2, -0.15) is 0 Å². The zero-order chi connectivity index (χ0) is 71.0. The van der Waals surface area contributed by atoms with Gasteiger partial charge in [-0.3, -0.25) is 37.3 Å². The van der Waals surface area contributed by atoms with E-state index in [0.29, 0.717) is 25.7 Å². The maximum atomic E-state index is 13.1. The van der Waals surface area contributed by atoms with Crippen molar-refractivity contribution in [3.05, 3.63) is 0 Å². The molecule has 17 nitrogen and oxygen atoms in total.